The SMILES string of the molecule is COc1cccc(C(=O)C(O[Si](C)(C)C(C)(C)C)c2ccncc2)c1. The molecule has 2 aromatic rings. The molecule has 0 aliphatic heterocycles. The maximum atomic E-state index is 13.2. The molecule has 25 heavy (non-hydrogen) atoms. The summed E-state index contributed by atoms with van der Waals surface area (Å²) in [5.41, 5.74) is 1.41. The molecule has 0 fully saturated rings. The minimum atomic E-state index is -2.14. The van der Waals surface area contributed by atoms with Crippen LogP contribution >= 0.6 is 0 Å². The van der Waals surface area contributed by atoms with Crippen LogP contribution in [-0.2, 0) is 4.43 Å². The summed E-state index contributed by atoms with van der Waals surface area (Å²) in [6, 6.07) is 10.9. The van der Waals surface area contributed by atoms with E-state index < -0.39 is 14.4 Å². The normalized spacial score (nSPS) is 13.4. The fourth-order valence-electron chi connectivity index (χ4n) is 2.21. The summed E-state index contributed by atoms with van der Waals surface area (Å²) in [5, 5.41) is 0.00688. The number of rotatable bonds is 6. The molecule has 1 atom stereocenters. The molecule has 0 N–H and O–H groups in total. The molecule has 0 bridgehead atoms. The Morgan fingerprint density at radius 3 is 2.32 bits per heavy atom. The van der Waals surface area contributed by atoms with Crippen LogP contribution in [0.1, 0.15) is 42.8 Å². The Labute approximate surface area is 151 Å². The smallest absolute Gasteiger partial charge is 0.195 e. The largest absolute Gasteiger partial charge is 0.497 e. The minimum absolute atomic E-state index is 0.00688. The van der Waals surface area contributed by atoms with E-state index in [-0.39, 0.29) is 10.8 Å². The zero-order valence-corrected chi connectivity index (χ0v) is 16.9. The van der Waals surface area contributed by atoms with E-state index in [9.17, 15) is 4.79 Å². The second kappa shape index (κ2) is 7.50. The van der Waals surface area contributed by atoms with Gasteiger partial charge in [-0.05, 0) is 48.0 Å². The molecule has 1 heterocycles. The number of hydrogen-bond acceptors (Lipinski definition) is 4. The van der Waals surface area contributed by atoms with Gasteiger partial charge in [0.05, 0.1) is 7.11 Å². The van der Waals surface area contributed by atoms with Crippen LogP contribution in [0.3, 0.4) is 0 Å². The van der Waals surface area contributed by atoms with Gasteiger partial charge in [-0.1, -0.05) is 32.9 Å². The van der Waals surface area contributed by atoms with Crippen LogP contribution in [0.5, 0.6) is 5.75 Å². The van der Waals surface area contributed by atoms with E-state index in [0.717, 1.165) is 5.56 Å². The van der Waals surface area contributed by atoms with Crippen LogP contribution in [-0.4, -0.2) is 26.2 Å². The van der Waals surface area contributed by atoms with Gasteiger partial charge in [0, 0.05) is 18.0 Å². The Morgan fingerprint density at radius 1 is 1.12 bits per heavy atom. The first-order valence-corrected chi connectivity index (χ1v) is 11.3. The Bertz CT molecular complexity index is 723. The van der Waals surface area contributed by atoms with Crippen LogP contribution in [0.4, 0.5) is 0 Å². The molecule has 0 saturated heterocycles. The first-order valence-electron chi connectivity index (χ1n) is 8.42. The first-order chi connectivity index (χ1) is 11.7. The highest BCUT2D eigenvalue weighted by Gasteiger charge is 2.41. The summed E-state index contributed by atoms with van der Waals surface area (Å²) in [6.07, 6.45) is 2.74. The lowest BCUT2D eigenvalue weighted by Crippen LogP contribution is -2.43. The van der Waals surface area contributed by atoms with Crippen molar-refractivity contribution in [3.8, 4) is 5.75 Å². The number of methoxy groups -OCH3 is 1. The second-order valence-corrected chi connectivity index (χ2v) is 12.4. The van der Waals surface area contributed by atoms with E-state index in [1.54, 1.807) is 31.6 Å². The molecule has 2 rings (SSSR count). The highest BCUT2D eigenvalue weighted by Crippen LogP contribution is 2.40. The predicted octanol–water partition coefficient (Wildman–Crippen LogP) is 5.04. The average Bonchev–Trinajstić information content (AvgIpc) is 2.59. The molecular weight excluding hydrogens is 330 g/mol. The van der Waals surface area contributed by atoms with Gasteiger partial charge in [0.25, 0.3) is 0 Å². The Hall–Kier alpha value is -1.98. The standard InChI is InChI=1S/C20H27NO3Si/c1-20(2,3)25(5,6)24-19(15-10-12-21-13-11-15)18(22)16-8-7-9-17(14-16)23-4/h7-14,19H,1-6H3. The maximum absolute atomic E-state index is 13.2. The zero-order chi connectivity index (χ0) is 18.7. The number of pyridine rings is 1. The number of carbonyl (C=O) groups excluding carboxylic acids is 1. The van der Waals surface area contributed by atoms with Gasteiger partial charge in [0.15, 0.2) is 14.1 Å². The van der Waals surface area contributed by atoms with Gasteiger partial charge in [-0.25, -0.2) is 0 Å². The third-order valence-electron chi connectivity index (χ3n) is 4.82. The summed E-state index contributed by atoms with van der Waals surface area (Å²) in [7, 11) is -0.548. The van der Waals surface area contributed by atoms with Crippen LogP contribution in [0.2, 0.25) is 18.1 Å². The number of nitrogens with zero attached hydrogens (tertiary/aromatic N) is 1. The fraction of sp³-hybridized carbons (Fsp3) is 0.400. The summed E-state index contributed by atoms with van der Waals surface area (Å²) in [5.74, 6) is 0.599. The van der Waals surface area contributed by atoms with Gasteiger partial charge < -0.3 is 9.16 Å². The number of aromatic nitrogens is 1. The average molecular weight is 358 g/mol. The molecule has 0 aliphatic carbocycles. The Balaban J connectivity index is 2.43. The molecule has 4 nitrogen and oxygen atoms in total. The van der Waals surface area contributed by atoms with Crippen molar-refractivity contribution in [2.75, 3.05) is 7.11 Å². The molecule has 1 unspecified atom stereocenters. The summed E-state index contributed by atoms with van der Waals surface area (Å²) >= 11 is 0. The van der Waals surface area contributed by atoms with Crippen molar-refractivity contribution in [1.82, 2.24) is 4.98 Å². The highest BCUT2D eigenvalue weighted by molar-refractivity contribution is 6.74. The molecule has 5 heteroatoms. The van der Waals surface area contributed by atoms with E-state index in [2.05, 4.69) is 38.8 Å². The van der Waals surface area contributed by atoms with Gasteiger partial charge >= 0.3 is 0 Å². The maximum Gasteiger partial charge on any atom is 0.195 e. The highest BCUT2D eigenvalue weighted by atomic mass is 28.4. The minimum Gasteiger partial charge on any atom is -0.497 e. The van der Waals surface area contributed by atoms with Crippen LogP contribution in [0, 0.1) is 0 Å². The van der Waals surface area contributed by atoms with Gasteiger partial charge in [-0.3, -0.25) is 9.78 Å². The number of ketones is 1. The Kier molecular flexibility index (Phi) is 5.80. The van der Waals surface area contributed by atoms with Gasteiger partial charge in [-0.2, -0.15) is 0 Å². The van der Waals surface area contributed by atoms with Crippen molar-refractivity contribution in [2.24, 2.45) is 0 Å². The quantitative estimate of drug-likeness (QED) is 0.537. The van der Waals surface area contributed by atoms with Crippen molar-refractivity contribution in [3.63, 3.8) is 0 Å². The fourth-order valence-corrected chi connectivity index (χ4v) is 3.40. The second-order valence-electron chi connectivity index (χ2n) is 7.63. The van der Waals surface area contributed by atoms with Crippen LogP contribution in [0.15, 0.2) is 48.8 Å². The lowest BCUT2D eigenvalue weighted by atomic mass is 10.0. The van der Waals surface area contributed by atoms with E-state index in [1.807, 2.05) is 24.3 Å². The molecule has 134 valence electrons. The van der Waals surface area contributed by atoms with Crippen LogP contribution < -0.4 is 4.74 Å². The van der Waals surface area contributed by atoms with Gasteiger partial charge in [0.2, 0.25) is 0 Å². The molecule has 0 radical (unpaired) electrons. The first kappa shape index (κ1) is 19.3. The van der Waals surface area contributed by atoms with Crippen molar-refractivity contribution in [3.05, 3.63) is 59.9 Å². The van der Waals surface area contributed by atoms with E-state index in [4.69, 9.17) is 9.16 Å². The molecule has 1 aromatic heterocycles. The topological polar surface area (TPSA) is 48.4 Å². The predicted molar refractivity (Wildman–Crippen MR) is 103 cm³/mol. The monoisotopic (exact) mass is 357 g/mol. The van der Waals surface area contributed by atoms with Crippen LogP contribution in [0.25, 0.3) is 0 Å². The zero-order valence-electron chi connectivity index (χ0n) is 15.9. The number of hydrogen-bond donors (Lipinski definition) is 0. The lowest BCUT2D eigenvalue weighted by molar-refractivity contribution is 0.0766. The van der Waals surface area contributed by atoms with E-state index in [1.165, 1.54) is 0 Å². The molecular formula is C20H27NO3Si. The van der Waals surface area contributed by atoms with Crippen molar-refractivity contribution in [2.45, 2.75) is 45.0 Å². The lowest BCUT2D eigenvalue weighted by Gasteiger charge is -2.39. The van der Waals surface area contributed by atoms with Crippen molar-refractivity contribution < 1.29 is 14.0 Å². The summed E-state index contributed by atoms with van der Waals surface area (Å²) < 4.78 is 11.8. The summed E-state index contributed by atoms with van der Waals surface area (Å²) in [6.45, 7) is 10.8. The molecule has 1 aromatic carbocycles. The number of benzene rings is 1. The van der Waals surface area contributed by atoms with E-state index in [0.29, 0.717) is 11.3 Å². The molecule has 0 saturated carbocycles. The van der Waals surface area contributed by atoms with Crippen molar-refractivity contribution >= 4 is 14.1 Å². The van der Waals surface area contributed by atoms with Crippen molar-refractivity contribution in [1.29, 1.82) is 0 Å². The van der Waals surface area contributed by atoms with Gasteiger partial charge in [-0.15, -0.1) is 0 Å². The third-order valence-corrected chi connectivity index (χ3v) is 9.26. The molecule has 0 amide bonds. The Morgan fingerprint density at radius 2 is 1.76 bits per heavy atom. The number of Topliss-reactive ketones (excluding diaryl/α,β-unsaturated/α-hetero) is 1. The number of carbonyl (C=O) groups is 1. The van der Waals surface area contributed by atoms with E-state index >= 15 is 0 Å². The van der Waals surface area contributed by atoms with Gasteiger partial charge in [0.1, 0.15) is 11.9 Å². The number of ether oxygens (including phenoxy) is 1. The molecule has 0 aliphatic rings. The molecule has 0 spiro atoms. The summed E-state index contributed by atoms with van der Waals surface area (Å²) in [4.78, 5) is 17.3. The third kappa shape index (κ3) is 4.55.